The van der Waals surface area contributed by atoms with Gasteiger partial charge in [-0.05, 0) is 34.8 Å². The molecule has 0 atom stereocenters. The third-order valence-electron chi connectivity index (χ3n) is 2.26. The molecule has 0 radical (unpaired) electrons. The zero-order chi connectivity index (χ0) is 9.31. The maximum absolute atomic E-state index is 8.84. The molecule has 1 aliphatic carbocycles. The van der Waals surface area contributed by atoms with Crippen LogP contribution >= 0.6 is 27.3 Å². The van der Waals surface area contributed by atoms with Gasteiger partial charge in [0, 0.05) is 16.4 Å². The first-order chi connectivity index (χ1) is 6.24. The van der Waals surface area contributed by atoms with Gasteiger partial charge in [-0.15, -0.1) is 11.3 Å². The van der Waals surface area contributed by atoms with E-state index in [0.717, 1.165) is 28.9 Å². The summed E-state index contributed by atoms with van der Waals surface area (Å²) in [5, 5.41) is 15.3. The maximum Gasteiger partial charge on any atom is 0.0894 e. The number of nitrogens with zero attached hydrogens (tertiary/aromatic N) is 1. The Morgan fingerprint density at radius 3 is 2.92 bits per heavy atom. The summed E-state index contributed by atoms with van der Waals surface area (Å²) < 4.78 is 1.10. The fraction of sp³-hybridized carbons (Fsp3) is 0.444. The molecule has 2 nitrogen and oxygen atoms in total. The third-order valence-corrected chi connectivity index (χ3v) is 3.91. The van der Waals surface area contributed by atoms with E-state index in [0.29, 0.717) is 0 Å². The van der Waals surface area contributed by atoms with Gasteiger partial charge in [-0.2, -0.15) is 5.26 Å². The van der Waals surface area contributed by atoms with E-state index in [1.165, 1.54) is 0 Å². The van der Waals surface area contributed by atoms with E-state index in [9.17, 15) is 0 Å². The van der Waals surface area contributed by atoms with E-state index in [1.807, 2.05) is 11.4 Å². The Morgan fingerprint density at radius 2 is 2.46 bits per heavy atom. The Morgan fingerprint density at radius 1 is 1.69 bits per heavy atom. The minimum Gasteiger partial charge on any atom is -0.375 e. The second-order valence-corrected chi connectivity index (χ2v) is 5.20. The molecule has 68 valence electrons. The highest BCUT2D eigenvalue weighted by atomic mass is 79.9. The highest BCUT2D eigenvalue weighted by molar-refractivity contribution is 9.10. The van der Waals surface area contributed by atoms with Gasteiger partial charge in [-0.25, -0.2) is 0 Å². The number of hydrogen-bond donors (Lipinski definition) is 1. The number of thiophene rings is 1. The van der Waals surface area contributed by atoms with Crippen molar-refractivity contribution in [1.82, 2.24) is 0 Å². The Labute approximate surface area is 89.7 Å². The van der Waals surface area contributed by atoms with Crippen LogP contribution in [0.2, 0.25) is 0 Å². The molecular formula is C9H9BrN2S. The van der Waals surface area contributed by atoms with Gasteiger partial charge in [0.05, 0.1) is 16.5 Å². The van der Waals surface area contributed by atoms with Crippen molar-refractivity contribution < 1.29 is 0 Å². The maximum atomic E-state index is 8.84. The topological polar surface area (TPSA) is 35.8 Å². The number of rotatable bonds is 3. The van der Waals surface area contributed by atoms with Crippen molar-refractivity contribution in [2.75, 3.05) is 11.9 Å². The van der Waals surface area contributed by atoms with E-state index in [2.05, 4.69) is 27.3 Å². The number of anilines is 1. The molecule has 0 amide bonds. The summed E-state index contributed by atoms with van der Waals surface area (Å²) in [6, 6.07) is 4.40. The molecule has 1 saturated carbocycles. The fourth-order valence-electron chi connectivity index (χ4n) is 1.14. The highest BCUT2D eigenvalue weighted by Gasteiger charge is 2.42. The lowest BCUT2D eigenvalue weighted by molar-refractivity contribution is 0.712. The van der Waals surface area contributed by atoms with Crippen molar-refractivity contribution in [3.8, 4) is 6.07 Å². The Hall–Kier alpha value is -0.530. The molecule has 1 N–H and O–H groups in total. The van der Waals surface area contributed by atoms with Crippen LogP contribution in [-0.2, 0) is 0 Å². The molecule has 1 heterocycles. The van der Waals surface area contributed by atoms with Crippen LogP contribution in [0, 0.1) is 16.7 Å². The number of nitriles is 1. The lowest BCUT2D eigenvalue weighted by Crippen LogP contribution is -2.12. The van der Waals surface area contributed by atoms with Gasteiger partial charge in [0.2, 0.25) is 0 Å². The van der Waals surface area contributed by atoms with E-state index in [1.54, 1.807) is 11.3 Å². The third kappa shape index (κ3) is 2.04. The van der Waals surface area contributed by atoms with Gasteiger partial charge in [0.1, 0.15) is 0 Å². The first kappa shape index (κ1) is 9.04. The Kier molecular flexibility index (Phi) is 2.31. The number of nitrogens with one attached hydrogen (secondary N) is 1. The summed E-state index contributed by atoms with van der Waals surface area (Å²) in [5.41, 5.74) is -0.0591. The van der Waals surface area contributed by atoms with Crippen LogP contribution in [0.15, 0.2) is 15.9 Å². The van der Waals surface area contributed by atoms with Crippen molar-refractivity contribution in [3.05, 3.63) is 15.9 Å². The minimum atomic E-state index is -0.0591. The summed E-state index contributed by atoms with van der Waals surface area (Å²) in [6.45, 7) is 0.788. The molecule has 0 aliphatic heterocycles. The van der Waals surface area contributed by atoms with Gasteiger partial charge in [0.15, 0.2) is 0 Å². The number of halogens is 1. The van der Waals surface area contributed by atoms with Crippen LogP contribution in [0.4, 0.5) is 5.00 Å². The molecule has 13 heavy (non-hydrogen) atoms. The van der Waals surface area contributed by atoms with Crippen molar-refractivity contribution in [1.29, 1.82) is 5.26 Å². The van der Waals surface area contributed by atoms with Gasteiger partial charge in [0.25, 0.3) is 0 Å². The zero-order valence-electron chi connectivity index (χ0n) is 7.01. The van der Waals surface area contributed by atoms with Crippen LogP contribution < -0.4 is 5.32 Å². The molecule has 1 fully saturated rings. The first-order valence-electron chi connectivity index (χ1n) is 4.13. The monoisotopic (exact) mass is 256 g/mol. The van der Waals surface area contributed by atoms with Crippen molar-refractivity contribution in [2.24, 2.45) is 5.41 Å². The van der Waals surface area contributed by atoms with E-state index in [4.69, 9.17) is 5.26 Å². The van der Waals surface area contributed by atoms with Crippen LogP contribution in [0.3, 0.4) is 0 Å². The summed E-state index contributed by atoms with van der Waals surface area (Å²) >= 11 is 5.05. The second-order valence-electron chi connectivity index (χ2n) is 3.37. The predicted molar refractivity (Wildman–Crippen MR) is 57.8 cm³/mol. The lowest BCUT2D eigenvalue weighted by atomic mass is 10.1. The zero-order valence-corrected chi connectivity index (χ0v) is 9.41. The smallest absolute Gasteiger partial charge is 0.0894 e. The molecule has 4 heteroatoms. The molecule has 1 aliphatic rings. The van der Waals surface area contributed by atoms with Gasteiger partial charge >= 0.3 is 0 Å². The molecule has 0 bridgehead atoms. The van der Waals surface area contributed by atoms with Crippen molar-refractivity contribution in [2.45, 2.75) is 12.8 Å². The Bertz CT molecular complexity index is 349. The molecule has 0 saturated heterocycles. The largest absolute Gasteiger partial charge is 0.375 e. The molecule has 0 unspecified atom stereocenters. The number of hydrogen-bond acceptors (Lipinski definition) is 3. The van der Waals surface area contributed by atoms with Crippen LogP contribution in [0.1, 0.15) is 12.8 Å². The van der Waals surface area contributed by atoms with Gasteiger partial charge in [-0.1, -0.05) is 0 Å². The average Bonchev–Trinajstić information content (AvgIpc) is 2.81. The molecule has 2 rings (SSSR count). The minimum absolute atomic E-state index is 0.0591. The normalized spacial score (nSPS) is 17.8. The predicted octanol–water partition coefficient (Wildman–Crippen LogP) is 3.23. The van der Waals surface area contributed by atoms with E-state index >= 15 is 0 Å². The fourth-order valence-corrected chi connectivity index (χ4v) is 2.46. The van der Waals surface area contributed by atoms with Crippen LogP contribution in [-0.4, -0.2) is 6.54 Å². The quantitative estimate of drug-likeness (QED) is 0.902. The molecule has 1 aromatic rings. The second kappa shape index (κ2) is 3.32. The van der Waals surface area contributed by atoms with Crippen LogP contribution in [0.5, 0.6) is 0 Å². The summed E-state index contributed by atoms with van der Waals surface area (Å²) in [6.07, 6.45) is 2.09. The van der Waals surface area contributed by atoms with Gasteiger partial charge in [-0.3, -0.25) is 0 Å². The summed E-state index contributed by atoms with van der Waals surface area (Å²) in [7, 11) is 0. The van der Waals surface area contributed by atoms with Crippen LogP contribution in [0.25, 0.3) is 0 Å². The molecule has 1 aromatic heterocycles. The van der Waals surface area contributed by atoms with Gasteiger partial charge < -0.3 is 5.32 Å². The average molecular weight is 257 g/mol. The lowest BCUT2D eigenvalue weighted by Gasteiger charge is -2.06. The summed E-state index contributed by atoms with van der Waals surface area (Å²) in [4.78, 5) is 0. The molecule has 0 spiro atoms. The molecular weight excluding hydrogens is 248 g/mol. The van der Waals surface area contributed by atoms with Crippen molar-refractivity contribution >= 4 is 32.3 Å². The van der Waals surface area contributed by atoms with E-state index in [-0.39, 0.29) is 5.41 Å². The molecule has 0 aromatic carbocycles. The van der Waals surface area contributed by atoms with E-state index < -0.39 is 0 Å². The highest BCUT2D eigenvalue weighted by Crippen LogP contribution is 2.45. The SMILES string of the molecule is N#CC1(CNc2cc(Br)cs2)CC1. The Balaban J connectivity index is 1.90. The summed E-state index contributed by atoms with van der Waals surface area (Å²) in [5.74, 6) is 0. The standard InChI is InChI=1S/C9H9BrN2S/c10-7-3-8(13-4-7)12-6-9(5-11)1-2-9/h3-4,12H,1-2,6H2. The first-order valence-corrected chi connectivity index (χ1v) is 5.81. The van der Waals surface area contributed by atoms with Crippen molar-refractivity contribution in [3.63, 3.8) is 0 Å².